The lowest BCUT2D eigenvalue weighted by molar-refractivity contribution is 0.697. The molecule has 3 aromatic rings. The Hall–Kier alpha value is -1.46. The van der Waals surface area contributed by atoms with Gasteiger partial charge >= 0.3 is 0 Å². The number of rotatable bonds is 3. The van der Waals surface area contributed by atoms with E-state index in [1.807, 2.05) is 5.51 Å². The highest BCUT2D eigenvalue weighted by molar-refractivity contribution is 7.71. The van der Waals surface area contributed by atoms with Gasteiger partial charge in [0, 0.05) is 18.3 Å². The van der Waals surface area contributed by atoms with Gasteiger partial charge in [0.05, 0.1) is 22.2 Å². The van der Waals surface area contributed by atoms with E-state index in [0.29, 0.717) is 0 Å². The summed E-state index contributed by atoms with van der Waals surface area (Å²) in [5.41, 5.74) is 6.51. The fourth-order valence-corrected chi connectivity index (χ4v) is 2.98. The first-order chi connectivity index (χ1) is 8.74. The number of nitrogens with zero attached hydrogens (tertiary/aromatic N) is 2. The van der Waals surface area contributed by atoms with E-state index in [-0.39, 0.29) is 0 Å². The predicted molar refractivity (Wildman–Crippen MR) is 77.7 cm³/mol. The quantitative estimate of drug-likeness (QED) is 0.739. The van der Waals surface area contributed by atoms with Gasteiger partial charge in [0.1, 0.15) is 0 Å². The van der Waals surface area contributed by atoms with Gasteiger partial charge in [0.25, 0.3) is 0 Å². The largest absolute Gasteiger partial charge is 0.331 e. The second-order valence-corrected chi connectivity index (χ2v) is 5.44. The van der Waals surface area contributed by atoms with Crippen LogP contribution in [0.1, 0.15) is 11.3 Å². The van der Waals surface area contributed by atoms with Gasteiger partial charge in [-0.2, -0.15) is 0 Å². The Morgan fingerprint density at radius 2 is 2.33 bits per heavy atom. The Morgan fingerprint density at radius 1 is 1.44 bits per heavy atom. The first-order valence-corrected chi connectivity index (χ1v) is 7.15. The lowest BCUT2D eigenvalue weighted by Gasteiger charge is -2.03. The molecule has 92 valence electrons. The van der Waals surface area contributed by atoms with E-state index in [1.165, 1.54) is 11.1 Å². The van der Waals surface area contributed by atoms with Crippen LogP contribution in [0.15, 0.2) is 29.1 Å². The highest BCUT2D eigenvalue weighted by Crippen LogP contribution is 2.16. The van der Waals surface area contributed by atoms with Crippen LogP contribution in [0.2, 0.25) is 0 Å². The van der Waals surface area contributed by atoms with Crippen LogP contribution < -0.4 is 0 Å². The maximum Gasteiger partial charge on any atom is 0.178 e. The number of aryl methyl sites for hydroxylation is 3. The van der Waals surface area contributed by atoms with Gasteiger partial charge in [-0.3, -0.25) is 0 Å². The minimum Gasteiger partial charge on any atom is -0.331 e. The molecule has 0 aliphatic heterocycles. The standard InChI is InChI=1S/C13H13N3S2/c1-9-2-3-12-11(6-9)15-13(17)16(12)5-4-10-7-18-8-14-10/h2-3,6-8H,4-5H2,1H3,(H,15,17). The molecule has 18 heavy (non-hydrogen) atoms. The van der Waals surface area contributed by atoms with Gasteiger partial charge in [-0.25, -0.2) is 4.98 Å². The molecule has 0 atom stereocenters. The highest BCUT2D eigenvalue weighted by Gasteiger charge is 2.05. The van der Waals surface area contributed by atoms with Crippen molar-refractivity contribution in [3.05, 3.63) is 45.1 Å². The lowest BCUT2D eigenvalue weighted by atomic mass is 10.2. The van der Waals surface area contributed by atoms with Crippen LogP contribution in [-0.2, 0) is 13.0 Å². The minimum absolute atomic E-state index is 0.783. The van der Waals surface area contributed by atoms with E-state index in [1.54, 1.807) is 11.3 Å². The van der Waals surface area contributed by atoms with Crippen molar-refractivity contribution in [2.45, 2.75) is 19.9 Å². The summed E-state index contributed by atoms with van der Waals surface area (Å²) in [6, 6.07) is 6.37. The Labute approximate surface area is 114 Å². The molecule has 1 aromatic carbocycles. The molecule has 0 fully saturated rings. The van der Waals surface area contributed by atoms with Gasteiger partial charge in [-0.15, -0.1) is 11.3 Å². The second-order valence-electron chi connectivity index (χ2n) is 4.33. The van der Waals surface area contributed by atoms with Gasteiger partial charge in [-0.1, -0.05) is 6.07 Å². The van der Waals surface area contributed by atoms with Crippen LogP contribution in [0.4, 0.5) is 0 Å². The number of thiazole rings is 1. The molecular formula is C13H13N3S2. The normalized spacial score (nSPS) is 11.2. The molecule has 0 saturated carbocycles. The maximum atomic E-state index is 5.38. The maximum absolute atomic E-state index is 5.38. The topological polar surface area (TPSA) is 33.6 Å². The molecule has 3 rings (SSSR count). The minimum atomic E-state index is 0.783. The lowest BCUT2D eigenvalue weighted by Crippen LogP contribution is -2.01. The SMILES string of the molecule is Cc1ccc2c(c1)[nH]c(=S)n2CCc1cscn1. The molecule has 1 N–H and O–H groups in total. The summed E-state index contributed by atoms with van der Waals surface area (Å²) in [5, 5.41) is 2.09. The molecule has 0 aliphatic carbocycles. The average molecular weight is 275 g/mol. The summed E-state index contributed by atoms with van der Waals surface area (Å²) in [5.74, 6) is 0. The summed E-state index contributed by atoms with van der Waals surface area (Å²) in [4.78, 5) is 7.56. The van der Waals surface area contributed by atoms with E-state index in [4.69, 9.17) is 12.2 Å². The highest BCUT2D eigenvalue weighted by atomic mass is 32.1. The molecule has 0 saturated heterocycles. The van der Waals surface area contributed by atoms with Gasteiger partial charge in [0.2, 0.25) is 0 Å². The number of benzene rings is 1. The number of imidazole rings is 1. The fourth-order valence-electron chi connectivity index (χ4n) is 2.09. The molecule has 3 nitrogen and oxygen atoms in total. The zero-order valence-electron chi connectivity index (χ0n) is 10.0. The zero-order chi connectivity index (χ0) is 12.5. The molecule has 2 heterocycles. The monoisotopic (exact) mass is 275 g/mol. The van der Waals surface area contributed by atoms with Crippen LogP contribution in [0.25, 0.3) is 11.0 Å². The van der Waals surface area contributed by atoms with Crippen LogP contribution in [0, 0.1) is 11.7 Å². The molecule has 0 amide bonds. The van der Waals surface area contributed by atoms with Gasteiger partial charge in [-0.05, 0) is 36.8 Å². The van der Waals surface area contributed by atoms with Crippen LogP contribution in [-0.4, -0.2) is 14.5 Å². The number of hydrogen-bond donors (Lipinski definition) is 1. The molecular weight excluding hydrogens is 262 g/mol. The van der Waals surface area contributed by atoms with Crippen molar-refractivity contribution < 1.29 is 0 Å². The third kappa shape index (κ3) is 2.11. The summed E-state index contributed by atoms with van der Waals surface area (Å²) in [6.45, 7) is 2.95. The van der Waals surface area contributed by atoms with Crippen LogP contribution >= 0.6 is 23.6 Å². The Morgan fingerprint density at radius 3 is 3.11 bits per heavy atom. The number of nitrogens with one attached hydrogen (secondary N) is 1. The third-order valence-electron chi connectivity index (χ3n) is 3.00. The molecule has 0 radical (unpaired) electrons. The number of aromatic nitrogens is 3. The van der Waals surface area contributed by atoms with Crippen molar-refractivity contribution in [1.29, 1.82) is 0 Å². The summed E-state index contributed by atoms with van der Waals surface area (Å²) in [6.07, 6.45) is 0.915. The van der Waals surface area contributed by atoms with E-state index < -0.39 is 0 Å². The molecule has 0 spiro atoms. The van der Waals surface area contributed by atoms with Crippen molar-refractivity contribution in [1.82, 2.24) is 14.5 Å². The van der Waals surface area contributed by atoms with Gasteiger partial charge in [0.15, 0.2) is 4.77 Å². The van der Waals surface area contributed by atoms with Crippen molar-refractivity contribution >= 4 is 34.6 Å². The number of fused-ring (bicyclic) bond motifs is 1. The van der Waals surface area contributed by atoms with Crippen LogP contribution in [0.3, 0.4) is 0 Å². The van der Waals surface area contributed by atoms with Crippen molar-refractivity contribution in [2.24, 2.45) is 0 Å². The van der Waals surface area contributed by atoms with Crippen molar-refractivity contribution in [3.63, 3.8) is 0 Å². The number of aromatic amines is 1. The molecule has 2 aromatic heterocycles. The Balaban J connectivity index is 1.96. The summed E-state index contributed by atoms with van der Waals surface area (Å²) >= 11 is 7.01. The smallest absolute Gasteiger partial charge is 0.178 e. The molecule has 5 heteroatoms. The number of H-pyrrole nitrogens is 1. The summed E-state index contributed by atoms with van der Waals surface area (Å²) in [7, 11) is 0. The average Bonchev–Trinajstić information content (AvgIpc) is 2.93. The summed E-state index contributed by atoms with van der Waals surface area (Å²) < 4.78 is 2.93. The van der Waals surface area contributed by atoms with E-state index >= 15 is 0 Å². The van der Waals surface area contributed by atoms with E-state index in [2.05, 4.69) is 45.0 Å². The fraction of sp³-hybridized carbons (Fsp3) is 0.231. The first-order valence-electron chi connectivity index (χ1n) is 5.80. The third-order valence-corrected chi connectivity index (χ3v) is 3.96. The van der Waals surface area contributed by atoms with Crippen molar-refractivity contribution in [2.75, 3.05) is 0 Å². The molecule has 0 aliphatic rings. The van der Waals surface area contributed by atoms with Crippen molar-refractivity contribution in [3.8, 4) is 0 Å². The number of hydrogen-bond acceptors (Lipinski definition) is 3. The first kappa shape index (κ1) is 11.6. The van der Waals surface area contributed by atoms with Gasteiger partial charge < -0.3 is 9.55 Å². The second kappa shape index (κ2) is 4.66. The zero-order valence-corrected chi connectivity index (χ0v) is 11.6. The molecule has 0 bridgehead atoms. The molecule has 0 unspecified atom stereocenters. The predicted octanol–water partition coefficient (Wildman–Crippen LogP) is 3.71. The van der Waals surface area contributed by atoms with E-state index in [9.17, 15) is 0 Å². The van der Waals surface area contributed by atoms with E-state index in [0.717, 1.165) is 28.9 Å². The Bertz CT molecular complexity index is 722. The Kier molecular flexibility index (Phi) is 3.01. The van der Waals surface area contributed by atoms with Crippen LogP contribution in [0.5, 0.6) is 0 Å².